The Kier molecular flexibility index (Phi) is 4.63. The van der Waals surface area contributed by atoms with Gasteiger partial charge >= 0.3 is 0 Å². The summed E-state index contributed by atoms with van der Waals surface area (Å²) >= 11 is 5.57. The molecule has 0 saturated carbocycles. The Hall–Kier alpha value is -1.92. The Morgan fingerprint density at radius 1 is 1.04 bits per heavy atom. The first-order valence-electron chi connectivity index (χ1n) is 7.46. The van der Waals surface area contributed by atoms with E-state index in [0.29, 0.717) is 11.5 Å². The van der Waals surface area contributed by atoms with Gasteiger partial charge in [0.2, 0.25) is 0 Å². The van der Waals surface area contributed by atoms with E-state index in [1.54, 1.807) is 0 Å². The molecule has 4 nitrogen and oxygen atoms in total. The van der Waals surface area contributed by atoms with E-state index in [1.165, 1.54) is 0 Å². The van der Waals surface area contributed by atoms with Gasteiger partial charge in [0.05, 0.1) is 17.5 Å². The predicted molar refractivity (Wildman–Crippen MR) is 98.6 cm³/mol. The lowest BCUT2D eigenvalue weighted by Crippen LogP contribution is -2.43. The molecule has 1 atom stereocenters. The van der Waals surface area contributed by atoms with Crippen molar-refractivity contribution in [1.82, 2.24) is 0 Å². The molecule has 0 bridgehead atoms. The molecule has 0 unspecified atom stereocenters. The molecule has 6 heteroatoms. The van der Waals surface area contributed by atoms with Gasteiger partial charge in [-0.25, -0.2) is 8.42 Å². The summed E-state index contributed by atoms with van der Waals surface area (Å²) in [6.07, 6.45) is 0.591. The maximum absolute atomic E-state index is 11.9. The molecule has 0 amide bonds. The molecular formula is C17H18N2O2S2. The maximum Gasteiger partial charge on any atom is 0.178 e. The van der Waals surface area contributed by atoms with E-state index in [4.69, 9.17) is 12.2 Å². The third-order valence-electron chi connectivity index (χ3n) is 3.85. The Morgan fingerprint density at radius 3 is 2.22 bits per heavy atom. The highest BCUT2D eigenvalue weighted by Gasteiger charge is 2.34. The van der Waals surface area contributed by atoms with E-state index in [2.05, 4.69) is 5.32 Å². The number of benzene rings is 2. The summed E-state index contributed by atoms with van der Waals surface area (Å²) in [5.74, 6) is 0.355. The van der Waals surface area contributed by atoms with Gasteiger partial charge in [0, 0.05) is 11.4 Å². The number of anilines is 2. The predicted octanol–water partition coefficient (Wildman–Crippen LogP) is 3.08. The van der Waals surface area contributed by atoms with Crippen LogP contribution in [0, 0.1) is 0 Å². The minimum atomic E-state index is -2.98. The van der Waals surface area contributed by atoms with Crippen LogP contribution in [0.4, 0.5) is 11.4 Å². The van der Waals surface area contributed by atoms with Crippen LogP contribution in [0.3, 0.4) is 0 Å². The zero-order valence-electron chi connectivity index (χ0n) is 12.6. The highest BCUT2D eigenvalue weighted by Crippen LogP contribution is 2.25. The minimum absolute atomic E-state index is 0.133. The summed E-state index contributed by atoms with van der Waals surface area (Å²) in [7, 11) is -2.98. The Bertz CT molecular complexity index is 777. The molecular weight excluding hydrogens is 328 g/mol. The van der Waals surface area contributed by atoms with Crippen LogP contribution in [-0.2, 0) is 9.84 Å². The number of hydrogen-bond donors (Lipinski definition) is 1. The van der Waals surface area contributed by atoms with Crippen LogP contribution < -0.4 is 10.2 Å². The van der Waals surface area contributed by atoms with Crippen LogP contribution in [-0.4, -0.2) is 31.1 Å². The number of thiocarbonyl (C=S) groups is 1. The fourth-order valence-electron chi connectivity index (χ4n) is 2.77. The van der Waals surface area contributed by atoms with Gasteiger partial charge in [-0.2, -0.15) is 0 Å². The first-order chi connectivity index (χ1) is 11.1. The second-order valence-corrected chi connectivity index (χ2v) is 8.17. The second kappa shape index (κ2) is 6.68. The molecule has 0 aromatic heterocycles. The topological polar surface area (TPSA) is 49.4 Å². The number of rotatable bonds is 3. The molecule has 1 fully saturated rings. The number of para-hydroxylation sites is 2. The van der Waals surface area contributed by atoms with Gasteiger partial charge < -0.3 is 10.2 Å². The molecule has 3 rings (SSSR count). The fraction of sp³-hybridized carbons (Fsp3) is 0.235. The van der Waals surface area contributed by atoms with Crippen molar-refractivity contribution in [2.24, 2.45) is 0 Å². The van der Waals surface area contributed by atoms with Crippen molar-refractivity contribution in [3.8, 4) is 0 Å². The third-order valence-corrected chi connectivity index (χ3v) is 5.90. The van der Waals surface area contributed by atoms with E-state index >= 15 is 0 Å². The Balaban J connectivity index is 1.88. The first kappa shape index (κ1) is 16.0. The number of nitrogens with one attached hydrogen (secondary N) is 1. The summed E-state index contributed by atoms with van der Waals surface area (Å²) in [6.45, 7) is 0. The minimum Gasteiger partial charge on any atom is -0.332 e. The number of sulfone groups is 1. The van der Waals surface area contributed by atoms with E-state index in [-0.39, 0.29) is 17.5 Å². The Morgan fingerprint density at radius 2 is 1.65 bits per heavy atom. The molecule has 1 N–H and O–H groups in total. The molecule has 2 aromatic carbocycles. The van der Waals surface area contributed by atoms with Crippen LogP contribution in [0.25, 0.3) is 0 Å². The lowest BCUT2D eigenvalue weighted by molar-refractivity contribution is 0.601. The molecule has 1 aliphatic heterocycles. The van der Waals surface area contributed by atoms with Crippen molar-refractivity contribution in [3.05, 3.63) is 60.7 Å². The average Bonchev–Trinajstić information content (AvgIpc) is 2.89. The van der Waals surface area contributed by atoms with Crippen molar-refractivity contribution in [1.29, 1.82) is 0 Å². The summed E-state index contributed by atoms with van der Waals surface area (Å²) in [5, 5.41) is 3.73. The highest BCUT2D eigenvalue weighted by molar-refractivity contribution is 7.91. The molecule has 23 heavy (non-hydrogen) atoms. The van der Waals surface area contributed by atoms with E-state index in [9.17, 15) is 8.42 Å². The summed E-state index contributed by atoms with van der Waals surface area (Å²) < 4.78 is 23.7. The Labute approximate surface area is 142 Å². The smallest absolute Gasteiger partial charge is 0.178 e. The molecule has 0 radical (unpaired) electrons. The van der Waals surface area contributed by atoms with Gasteiger partial charge in [-0.3, -0.25) is 0 Å². The third kappa shape index (κ3) is 3.89. The van der Waals surface area contributed by atoms with Crippen LogP contribution in [0.5, 0.6) is 0 Å². The zero-order valence-corrected chi connectivity index (χ0v) is 14.2. The van der Waals surface area contributed by atoms with Gasteiger partial charge in [-0.15, -0.1) is 0 Å². The largest absolute Gasteiger partial charge is 0.332 e. The first-order valence-corrected chi connectivity index (χ1v) is 9.69. The van der Waals surface area contributed by atoms with Gasteiger partial charge in [-0.05, 0) is 42.9 Å². The van der Waals surface area contributed by atoms with Gasteiger partial charge in [0.25, 0.3) is 0 Å². The molecule has 1 aliphatic rings. The molecule has 1 saturated heterocycles. The average molecular weight is 346 g/mol. The maximum atomic E-state index is 11.9. The van der Waals surface area contributed by atoms with Crippen LogP contribution in [0.1, 0.15) is 6.42 Å². The molecule has 1 heterocycles. The van der Waals surface area contributed by atoms with Gasteiger partial charge in [0.1, 0.15) is 0 Å². The normalized spacial score (nSPS) is 19.2. The van der Waals surface area contributed by atoms with Crippen molar-refractivity contribution < 1.29 is 8.42 Å². The lowest BCUT2D eigenvalue weighted by Gasteiger charge is -2.31. The SMILES string of the molecule is O=S1(=O)CC[C@H](N(C(=S)Nc2ccccc2)c2ccccc2)C1. The zero-order chi connectivity index (χ0) is 16.3. The molecule has 120 valence electrons. The van der Waals surface area contributed by atoms with Gasteiger partial charge in [0.15, 0.2) is 14.9 Å². The highest BCUT2D eigenvalue weighted by atomic mass is 32.2. The van der Waals surface area contributed by atoms with Gasteiger partial charge in [-0.1, -0.05) is 36.4 Å². The number of nitrogens with zero attached hydrogens (tertiary/aromatic N) is 1. The van der Waals surface area contributed by atoms with E-state index in [1.807, 2.05) is 65.6 Å². The second-order valence-electron chi connectivity index (χ2n) is 5.56. The van der Waals surface area contributed by atoms with Crippen LogP contribution in [0.2, 0.25) is 0 Å². The van der Waals surface area contributed by atoms with Crippen molar-refractivity contribution in [2.45, 2.75) is 12.5 Å². The van der Waals surface area contributed by atoms with Crippen LogP contribution in [0.15, 0.2) is 60.7 Å². The van der Waals surface area contributed by atoms with Crippen molar-refractivity contribution in [3.63, 3.8) is 0 Å². The molecule has 0 spiro atoms. The fourth-order valence-corrected chi connectivity index (χ4v) is 4.84. The lowest BCUT2D eigenvalue weighted by atomic mass is 10.2. The van der Waals surface area contributed by atoms with E-state index < -0.39 is 9.84 Å². The summed E-state index contributed by atoms with van der Waals surface area (Å²) in [6, 6.07) is 19.2. The van der Waals surface area contributed by atoms with E-state index in [0.717, 1.165) is 11.4 Å². The van der Waals surface area contributed by atoms with Crippen LogP contribution >= 0.6 is 12.2 Å². The quantitative estimate of drug-likeness (QED) is 0.866. The summed E-state index contributed by atoms with van der Waals surface area (Å²) in [5.41, 5.74) is 1.79. The monoisotopic (exact) mass is 346 g/mol. The van der Waals surface area contributed by atoms with Crippen molar-refractivity contribution >= 4 is 38.5 Å². The molecule has 2 aromatic rings. The number of hydrogen-bond acceptors (Lipinski definition) is 3. The standard InChI is InChI=1S/C17H18N2O2S2/c20-23(21)12-11-16(13-23)19(15-9-5-2-6-10-15)17(22)18-14-7-3-1-4-8-14/h1-10,16H,11-13H2,(H,18,22)/t16-/m0/s1. The summed E-state index contributed by atoms with van der Waals surface area (Å²) in [4.78, 5) is 1.92. The van der Waals surface area contributed by atoms with Crippen molar-refractivity contribution in [2.75, 3.05) is 21.7 Å². The molecule has 0 aliphatic carbocycles.